The monoisotopic (exact) mass is 365 g/mol. The van der Waals surface area contributed by atoms with Gasteiger partial charge in [-0.15, -0.1) is 0 Å². The average Bonchev–Trinajstić information content (AvgIpc) is 2.98. The Morgan fingerprint density at radius 1 is 1.15 bits per heavy atom. The van der Waals surface area contributed by atoms with Crippen molar-refractivity contribution in [2.75, 3.05) is 0 Å². The number of aromatic nitrogens is 2. The molecule has 2 saturated carbocycles. The Hall–Kier alpha value is -2.10. The highest BCUT2D eigenvalue weighted by Crippen LogP contribution is 2.54. The molecule has 144 valence electrons. The van der Waals surface area contributed by atoms with E-state index in [1.807, 2.05) is 11.6 Å². The topological polar surface area (TPSA) is 46.9 Å². The first kappa shape index (κ1) is 18.3. The zero-order valence-electron chi connectivity index (χ0n) is 16.5. The predicted octanol–water partition coefficient (Wildman–Crippen LogP) is 4.37. The number of hydrogen-bond donors (Lipinski definition) is 1. The molecule has 0 bridgehead atoms. The van der Waals surface area contributed by atoms with E-state index in [0.717, 1.165) is 24.6 Å². The molecule has 0 radical (unpaired) electrons. The standard InChI is InChI=1S/C23H31N3O/c1-16-15-17(2)26(25-16)14-8-13-21(27)24-23-20-12-7-6-11-19(20)22(23)18-9-4-3-5-10-18/h3-5,9-10,15,19-20,22-23H,6-8,11-14H2,1-2H3,(H,24,27)/t19?,20?,22-,23-/m0/s1. The fourth-order valence-corrected chi connectivity index (χ4v) is 5.34. The van der Waals surface area contributed by atoms with Gasteiger partial charge in [-0.05, 0) is 56.6 Å². The minimum Gasteiger partial charge on any atom is -0.352 e. The molecular weight excluding hydrogens is 334 g/mol. The second-order valence-corrected chi connectivity index (χ2v) is 8.40. The maximum Gasteiger partial charge on any atom is 0.220 e. The van der Waals surface area contributed by atoms with Crippen LogP contribution in [0, 0.1) is 25.7 Å². The molecule has 1 amide bonds. The van der Waals surface area contributed by atoms with Crippen molar-refractivity contribution in [1.29, 1.82) is 0 Å². The van der Waals surface area contributed by atoms with Crippen LogP contribution in [0.4, 0.5) is 0 Å². The lowest BCUT2D eigenvalue weighted by atomic mass is 9.53. The van der Waals surface area contributed by atoms with Crippen LogP contribution >= 0.6 is 0 Å². The number of carbonyl (C=O) groups is 1. The number of carbonyl (C=O) groups excluding carboxylic acids is 1. The minimum absolute atomic E-state index is 0.200. The van der Waals surface area contributed by atoms with Gasteiger partial charge in [-0.2, -0.15) is 5.10 Å². The van der Waals surface area contributed by atoms with E-state index in [4.69, 9.17) is 0 Å². The van der Waals surface area contributed by atoms with Crippen LogP contribution < -0.4 is 5.32 Å². The molecule has 1 N–H and O–H groups in total. The third-order valence-electron chi connectivity index (χ3n) is 6.57. The summed E-state index contributed by atoms with van der Waals surface area (Å²) in [5.41, 5.74) is 3.61. The first-order chi connectivity index (χ1) is 13.1. The fraction of sp³-hybridized carbons (Fsp3) is 0.565. The van der Waals surface area contributed by atoms with Crippen LogP contribution in [0.15, 0.2) is 36.4 Å². The Balaban J connectivity index is 1.35. The minimum atomic E-state index is 0.200. The Kier molecular flexibility index (Phi) is 5.33. The van der Waals surface area contributed by atoms with Gasteiger partial charge in [-0.3, -0.25) is 9.48 Å². The van der Waals surface area contributed by atoms with E-state index < -0.39 is 0 Å². The number of nitrogens with one attached hydrogen (secondary N) is 1. The molecule has 4 nitrogen and oxygen atoms in total. The maximum absolute atomic E-state index is 12.6. The number of fused-ring (bicyclic) bond motifs is 1. The normalized spacial score (nSPS) is 26.9. The van der Waals surface area contributed by atoms with Crippen molar-refractivity contribution in [3.05, 3.63) is 53.3 Å². The van der Waals surface area contributed by atoms with Crippen molar-refractivity contribution in [1.82, 2.24) is 15.1 Å². The molecule has 1 heterocycles. The van der Waals surface area contributed by atoms with Crippen molar-refractivity contribution >= 4 is 5.91 Å². The first-order valence-electron chi connectivity index (χ1n) is 10.5. The smallest absolute Gasteiger partial charge is 0.220 e. The van der Waals surface area contributed by atoms with Gasteiger partial charge in [0, 0.05) is 30.6 Å². The summed E-state index contributed by atoms with van der Waals surface area (Å²) in [4.78, 5) is 12.6. The zero-order chi connectivity index (χ0) is 18.8. The largest absolute Gasteiger partial charge is 0.352 e. The van der Waals surface area contributed by atoms with Gasteiger partial charge in [-0.25, -0.2) is 0 Å². The molecule has 2 aromatic rings. The van der Waals surface area contributed by atoms with Crippen molar-refractivity contribution < 1.29 is 4.79 Å². The van der Waals surface area contributed by atoms with Gasteiger partial charge >= 0.3 is 0 Å². The number of aryl methyl sites for hydroxylation is 3. The van der Waals surface area contributed by atoms with E-state index in [9.17, 15) is 4.79 Å². The number of amides is 1. The number of nitrogens with zero attached hydrogens (tertiary/aromatic N) is 2. The Morgan fingerprint density at radius 3 is 2.59 bits per heavy atom. The quantitative estimate of drug-likeness (QED) is 0.826. The Bertz CT molecular complexity index is 782. The van der Waals surface area contributed by atoms with Crippen molar-refractivity contribution in [2.24, 2.45) is 11.8 Å². The molecular formula is C23H31N3O. The van der Waals surface area contributed by atoms with Gasteiger partial charge in [0.05, 0.1) is 5.69 Å². The molecule has 4 atom stereocenters. The van der Waals surface area contributed by atoms with Crippen LogP contribution in [0.5, 0.6) is 0 Å². The van der Waals surface area contributed by atoms with Crippen LogP contribution in [0.3, 0.4) is 0 Å². The summed E-state index contributed by atoms with van der Waals surface area (Å²) >= 11 is 0. The molecule has 0 spiro atoms. The first-order valence-corrected chi connectivity index (χ1v) is 10.5. The zero-order valence-corrected chi connectivity index (χ0v) is 16.5. The molecule has 4 heteroatoms. The van der Waals surface area contributed by atoms with E-state index in [-0.39, 0.29) is 5.91 Å². The maximum atomic E-state index is 12.6. The van der Waals surface area contributed by atoms with Crippen LogP contribution in [-0.4, -0.2) is 21.7 Å². The summed E-state index contributed by atoms with van der Waals surface area (Å²) in [7, 11) is 0. The highest BCUT2D eigenvalue weighted by atomic mass is 16.1. The fourth-order valence-electron chi connectivity index (χ4n) is 5.34. The van der Waals surface area contributed by atoms with E-state index in [2.05, 4.69) is 53.7 Å². The lowest BCUT2D eigenvalue weighted by molar-refractivity contribution is -0.125. The molecule has 2 fully saturated rings. The molecule has 0 saturated heterocycles. The van der Waals surface area contributed by atoms with E-state index in [1.54, 1.807) is 0 Å². The second kappa shape index (κ2) is 7.87. The molecule has 2 aliphatic rings. The lowest BCUT2D eigenvalue weighted by Crippen LogP contribution is -2.59. The van der Waals surface area contributed by atoms with Crippen LogP contribution in [0.1, 0.15) is 61.4 Å². The predicted molar refractivity (Wildman–Crippen MR) is 107 cm³/mol. The highest BCUT2D eigenvalue weighted by Gasteiger charge is 2.51. The lowest BCUT2D eigenvalue weighted by Gasteiger charge is -2.55. The molecule has 27 heavy (non-hydrogen) atoms. The van der Waals surface area contributed by atoms with Gasteiger partial charge in [-0.1, -0.05) is 43.2 Å². The van der Waals surface area contributed by atoms with Crippen LogP contribution in [0.2, 0.25) is 0 Å². The van der Waals surface area contributed by atoms with Gasteiger partial charge in [0.1, 0.15) is 0 Å². The molecule has 1 aromatic carbocycles. The third kappa shape index (κ3) is 3.80. The van der Waals surface area contributed by atoms with E-state index >= 15 is 0 Å². The number of rotatable bonds is 6. The number of benzene rings is 1. The van der Waals surface area contributed by atoms with E-state index in [1.165, 1.54) is 36.9 Å². The average molecular weight is 366 g/mol. The molecule has 2 unspecified atom stereocenters. The Morgan fingerprint density at radius 2 is 1.89 bits per heavy atom. The van der Waals surface area contributed by atoms with Gasteiger partial charge in [0.25, 0.3) is 0 Å². The van der Waals surface area contributed by atoms with Crippen molar-refractivity contribution in [3.8, 4) is 0 Å². The summed E-state index contributed by atoms with van der Waals surface area (Å²) in [5, 5.41) is 7.89. The van der Waals surface area contributed by atoms with Gasteiger partial charge in [0.15, 0.2) is 0 Å². The highest BCUT2D eigenvalue weighted by molar-refractivity contribution is 5.76. The summed E-state index contributed by atoms with van der Waals surface area (Å²) < 4.78 is 2.01. The van der Waals surface area contributed by atoms with Crippen LogP contribution in [0.25, 0.3) is 0 Å². The second-order valence-electron chi connectivity index (χ2n) is 8.40. The molecule has 0 aliphatic heterocycles. The third-order valence-corrected chi connectivity index (χ3v) is 6.57. The number of hydrogen-bond acceptors (Lipinski definition) is 2. The summed E-state index contributed by atoms with van der Waals surface area (Å²) in [6.07, 6.45) is 6.65. The Labute approximate surface area is 162 Å². The van der Waals surface area contributed by atoms with Gasteiger partial charge < -0.3 is 5.32 Å². The molecule has 4 rings (SSSR count). The molecule has 1 aromatic heterocycles. The SMILES string of the molecule is Cc1cc(C)n(CCCC(=O)N[C@H]2C3CCCCC3[C@@H]2c2ccccc2)n1. The summed E-state index contributed by atoms with van der Waals surface area (Å²) in [6, 6.07) is 13.2. The van der Waals surface area contributed by atoms with Crippen molar-refractivity contribution in [3.63, 3.8) is 0 Å². The van der Waals surface area contributed by atoms with Crippen molar-refractivity contribution in [2.45, 2.75) is 70.9 Å². The summed E-state index contributed by atoms with van der Waals surface area (Å²) in [5.74, 6) is 2.12. The molecule has 2 aliphatic carbocycles. The van der Waals surface area contributed by atoms with Gasteiger partial charge in [0.2, 0.25) is 5.91 Å². The van der Waals surface area contributed by atoms with Crippen LogP contribution in [-0.2, 0) is 11.3 Å². The van der Waals surface area contributed by atoms with E-state index in [0.29, 0.717) is 24.3 Å². The summed E-state index contributed by atoms with van der Waals surface area (Å²) in [6.45, 7) is 4.89.